The van der Waals surface area contributed by atoms with Gasteiger partial charge in [-0.15, -0.1) is 12.4 Å². The van der Waals surface area contributed by atoms with Crippen LogP contribution in [0.1, 0.15) is 38.5 Å². The number of nitrogens with zero attached hydrogens (tertiary/aromatic N) is 1. The summed E-state index contributed by atoms with van der Waals surface area (Å²) in [5.41, 5.74) is 5.74. The molecular weight excluding hydrogens is 236 g/mol. The Kier molecular flexibility index (Phi) is 3.99. The van der Waals surface area contributed by atoms with Gasteiger partial charge in [-0.25, -0.2) is 0 Å². The van der Waals surface area contributed by atoms with Gasteiger partial charge >= 0.3 is 0 Å². The molecule has 1 saturated heterocycles. The first-order chi connectivity index (χ1) is 7.83. The second kappa shape index (κ2) is 5.15. The van der Waals surface area contributed by atoms with E-state index in [4.69, 9.17) is 5.73 Å². The summed E-state index contributed by atoms with van der Waals surface area (Å²) >= 11 is 0. The van der Waals surface area contributed by atoms with Gasteiger partial charge in [0.15, 0.2) is 0 Å². The Labute approximate surface area is 110 Å². The van der Waals surface area contributed by atoms with Crippen molar-refractivity contribution in [3.05, 3.63) is 0 Å². The van der Waals surface area contributed by atoms with Crippen molar-refractivity contribution in [1.82, 2.24) is 4.90 Å². The summed E-state index contributed by atoms with van der Waals surface area (Å²) in [6.45, 7) is 1.60. The highest BCUT2D eigenvalue weighted by Gasteiger charge is 2.56. The van der Waals surface area contributed by atoms with Crippen molar-refractivity contribution in [2.75, 3.05) is 13.1 Å². The largest absolute Gasteiger partial charge is 0.338 e. The highest BCUT2D eigenvalue weighted by Crippen LogP contribution is 2.56. The van der Waals surface area contributed by atoms with Crippen LogP contribution in [0, 0.1) is 17.8 Å². The maximum absolute atomic E-state index is 12.4. The van der Waals surface area contributed by atoms with Crippen LogP contribution in [-0.4, -0.2) is 29.9 Å². The Morgan fingerprint density at radius 1 is 1.12 bits per heavy atom. The molecule has 0 spiro atoms. The molecule has 2 aliphatic carbocycles. The van der Waals surface area contributed by atoms with Crippen molar-refractivity contribution in [1.29, 1.82) is 0 Å². The maximum atomic E-state index is 12.4. The normalized spacial score (nSPS) is 39.5. The fraction of sp³-hybridized carbons (Fsp3) is 0.923. The number of likely N-dealkylation sites (tertiary alicyclic amines) is 1. The quantitative estimate of drug-likeness (QED) is 0.821. The van der Waals surface area contributed by atoms with Gasteiger partial charge in [-0.05, 0) is 37.5 Å². The average Bonchev–Trinajstić information content (AvgIpc) is 2.84. The van der Waals surface area contributed by atoms with E-state index in [1.54, 1.807) is 0 Å². The van der Waals surface area contributed by atoms with Crippen molar-refractivity contribution in [3.63, 3.8) is 0 Å². The fourth-order valence-electron chi connectivity index (χ4n) is 3.92. The Bertz CT molecular complexity index is 285. The number of fused-ring (bicyclic) bond motifs is 1. The molecule has 3 rings (SSSR count). The van der Waals surface area contributed by atoms with Gasteiger partial charge in [-0.1, -0.05) is 12.8 Å². The van der Waals surface area contributed by atoms with Crippen molar-refractivity contribution >= 4 is 18.3 Å². The van der Waals surface area contributed by atoms with E-state index < -0.39 is 0 Å². The Balaban J connectivity index is 0.00000108. The molecule has 1 amide bonds. The van der Waals surface area contributed by atoms with E-state index in [1.807, 2.05) is 0 Å². The molecule has 3 unspecified atom stereocenters. The molecule has 98 valence electrons. The predicted octanol–water partition coefficient (Wildman–Crippen LogP) is 1.79. The Hall–Kier alpha value is -0.280. The van der Waals surface area contributed by atoms with Crippen LogP contribution in [0.2, 0.25) is 0 Å². The topological polar surface area (TPSA) is 46.3 Å². The molecule has 1 aliphatic heterocycles. The number of hydrogen-bond acceptors (Lipinski definition) is 2. The third-order valence-corrected chi connectivity index (χ3v) is 4.87. The Morgan fingerprint density at radius 3 is 2.35 bits per heavy atom. The highest BCUT2D eigenvalue weighted by molar-refractivity contribution is 5.85. The summed E-state index contributed by atoms with van der Waals surface area (Å²) in [5, 5.41) is 0. The van der Waals surface area contributed by atoms with E-state index in [9.17, 15) is 4.79 Å². The molecule has 1 heterocycles. The molecule has 3 atom stereocenters. The second-order valence-electron chi connectivity index (χ2n) is 5.70. The summed E-state index contributed by atoms with van der Waals surface area (Å²) in [5.74, 6) is 2.29. The first-order valence-corrected chi connectivity index (χ1v) is 6.83. The molecule has 0 aromatic rings. The molecule has 2 N–H and O–H groups in total. The van der Waals surface area contributed by atoms with Crippen LogP contribution in [-0.2, 0) is 4.79 Å². The second-order valence-corrected chi connectivity index (χ2v) is 5.70. The molecule has 3 nitrogen and oxygen atoms in total. The lowest BCUT2D eigenvalue weighted by atomic mass is 10.0. The summed E-state index contributed by atoms with van der Waals surface area (Å²) in [6.07, 6.45) is 7.53. The van der Waals surface area contributed by atoms with E-state index in [-0.39, 0.29) is 12.4 Å². The molecule has 17 heavy (non-hydrogen) atoms. The minimum Gasteiger partial charge on any atom is -0.338 e. The maximum Gasteiger partial charge on any atom is 0.226 e. The SMILES string of the molecule is Cl.NCC1CCCN1C(=O)C1C2CCCCC21. The lowest BCUT2D eigenvalue weighted by Crippen LogP contribution is -2.41. The fourth-order valence-corrected chi connectivity index (χ4v) is 3.92. The smallest absolute Gasteiger partial charge is 0.226 e. The van der Waals surface area contributed by atoms with Gasteiger partial charge in [0.05, 0.1) is 0 Å². The molecule has 3 fully saturated rings. The highest BCUT2D eigenvalue weighted by atomic mass is 35.5. The lowest BCUT2D eigenvalue weighted by molar-refractivity contribution is -0.133. The van der Waals surface area contributed by atoms with Crippen LogP contribution in [0.5, 0.6) is 0 Å². The summed E-state index contributed by atoms with van der Waals surface area (Å²) in [6, 6.07) is 0.343. The summed E-state index contributed by atoms with van der Waals surface area (Å²) in [4.78, 5) is 14.5. The zero-order valence-corrected chi connectivity index (χ0v) is 11.1. The van der Waals surface area contributed by atoms with Crippen LogP contribution in [0.4, 0.5) is 0 Å². The number of nitrogens with two attached hydrogens (primary N) is 1. The standard InChI is InChI=1S/C13H22N2O.ClH/c14-8-9-4-3-7-15(9)13(16)12-10-5-1-2-6-11(10)12;/h9-12H,1-8,14H2;1H. The third-order valence-electron chi connectivity index (χ3n) is 4.87. The molecule has 0 aromatic heterocycles. The zero-order chi connectivity index (χ0) is 11.1. The van der Waals surface area contributed by atoms with Crippen LogP contribution in [0.25, 0.3) is 0 Å². The van der Waals surface area contributed by atoms with E-state index in [1.165, 1.54) is 25.7 Å². The first-order valence-electron chi connectivity index (χ1n) is 6.83. The predicted molar refractivity (Wildman–Crippen MR) is 70.0 cm³/mol. The molecule has 0 bridgehead atoms. The lowest BCUT2D eigenvalue weighted by Gasteiger charge is -2.23. The van der Waals surface area contributed by atoms with Crippen molar-refractivity contribution in [2.45, 2.75) is 44.6 Å². The summed E-state index contributed by atoms with van der Waals surface area (Å²) < 4.78 is 0. The zero-order valence-electron chi connectivity index (χ0n) is 10.3. The van der Waals surface area contributed by atoms with Crippen molar-refractivity contribution in [2.24, 2.45) is 23.5 Å². The van der Waals surface area contributed by atoms with Crippen LogP contribution in [0.15, 0.2) is 0 Å². The van der Waals surface area contributed by atoms with Crippen LogP contribution < -0.4 is 5.73 Å². The van der Waals surface area contributed by atoms with E-state index in [0.29, 0.717) is 24.4 Å². The number of rotatable bonds is 2. The number of hydrogen-bond donors (Lipinski definition) is 1. The van der Waals surface area contributed by atoms with Gasteiger partial charge in [0.2, 0.25) is 5.91 Å². The Morgan fingerprint density at radius 2 is 1.76 bits per heavy atom. The number of carbonyl (C=O) groups is 1. The minimum absolute atomic E-state index is 0. The number of carbonyl (C=O) groups excluding carboxylic acids is 1. The van der Waals surface area contributed by atoms with Crippen molar-refractivity contribution < 1.29 is 4.79 Å². The van der Waals surface area contributed by atoms with E-state index in [0.717, 1.165) is 31.2 Å². The molecule has 0 radical (unpaired) electrons. The third kappa shape index (κ3) is 2.19. The molecule has 2 saturated carbocycles. The molecular formula is C13H23ClN2O. The van der Waals surface area contributed by atoms with Crippen LogP contribution in [0.3, 0.4) is 0 Å². The first kappa shape index (κ1) is 13.2. The number of amides is 1. The molecule has 0 aromatic carbocycles. The van der Waals surface area contributed by atoms with Gasteiger partial charge < -0.3 is 10.6 Å². The minimum atomic E-state index is 0. The van der Waals surface area contributed by atoms with Gasteiger partial charge in [0.1, 0.15) is 0 Å². The van der Waals surface area contributed by atoms with Gasteiger partial charge in [0.25, 0.3) is 0 Å². The van der Waals surface area contributed by atoms with Gasteiger partial charge in [0, 0.05) is 25.0 Å². The van der Waals surface area contributed by atoms with Crippen molar-refractivity contribution in [3.8, 4) is 0 Å². The van der Waals surface area contributed by atoms with Gasteiger partial charge in [-0.3, -0.25) is 4.79 Å². The van der Waals surface area contributed by atoms with Crippen LogP contribution >= 0.6 is 12.4 Å². The molecule has 3 aliphatic rings. The average molecular weight is 259 g/mol. The van der Waals surface area contributed by atoms with E-state index >= 15 is 0 Å². The summed E-state index contributed by atoms with van der Waals surface area (Å²) in [7, 11) is 0. The van der Waals surface area contributed by atoms with Gasteiger partial charge in [-0.2, -0.15) is 0 Å². The monoisotopic (exact) mass is 258 g/mol. The molecule has 4 heteroatoms. The van der Waals surface area contributed by atoms with E-state index in [2.05, 4.69) is 4.90 Å². The number of halogens is 1.